The molecule has 1 aromatic carbocycles. The topological polar surface area (TPSA) is 82.5 Å². The van der Waals surface area contributed by atoms with Crippen LogP contribution in [-0.2, 0) is 16.3 Å². The van der Waals surface area contributed by atoms with E-state index < -0.39 is 11.9 Å². The first-order chi connectivity index (χ1) is 12.0. The minimum Gasteiger partial charge on any atom is -0.471 e. The van der Waals surface area contributed by atoms with Gasteiger partial charge >= 0.3 is 5.97 Å². The molecule has 7 heteroatoms. The number of nitrogens with one attached hydrogen (secondary N) is 1. The monoisotopic (exact) mass is 343 g/mol. The molecule has 1 aromatic heterocycles. The quantitative estimate of drug-likeness (QED) is 0.617. The van der Waals surface area contributed by atoms with Gasteiger partial charge in [0.25, 0.3) is 5.91 Å². The van der Waals surface area contributed by atoms with Gasteiger partial charge in [-0.3, -0.25) is 4.79 Å². The predicted molar refractivity (Wildman–Crippen MR) is 91.9 cm³/mol. The van der Waals surface area contributed by atoms with Gasteiger partial charge in [0.1, 0.15) is 5.75 Å². The molecule has 0 aliphatic rings. The Kier molecular flexibility index (Phi) is 6.33. The number of carbonyl (C=O) groups excluding carboxylic acids is 2. The maximum absolute atomic E-state index is 12.1. The first-order valence-electron chi connectivity index (χ1n) is 7.88. The van der Waals surface area contributed by atoms with Crippen LogP contribution in [0.15, 0.2) is 48.3 Å². The molecule has 0 spiro atoms. The normalized spacial score (nSPS) is 11.1. The smallest absolute Gasteiger partial charge is 0.332 e. The largest absolute Gasteiger partial charge is 0.471 e. The van der Waals surface area contributed by atoms with Crippen LogP contribution in [0.1, 0.15) is 29.9 Å². The van der Waals surface area contributed by atoms with Crippen molar-refractivity contribution in [3.63, 3.8) is 0 Å². The lowest BCUT2D eigenvalue weighted by molar-refractivity contribution is -0.137. The predicted octanol–water partition coefficient (Wildman–Crippen LogP) is 2.42. The minimum absolute atomic E-state index is 0.190. The lowest BCUT2D eigenvalue weighted by atomic mass is 10.2. The Morgan fingerprint density at radius 2 is 2.04 bits per heavy atom. The van der Waals surface area contributed by atoms with Crippen molar-refractivity contribution in [3.05, 3.63) is 59.6 Å². The number of amides is 1. The average molecular weight is 343 g/mol. The number of para-hydroxylation sites is 1. The van der Waals surface area contributed by atoms with E-state index in [0.717, 1.165) is 11.3 Å². The van der Waals surface area contributed by atoms with Gasteiger partial charge in [0.05, 0.1) is 6.61 Å². The third kappa shape index (κ3) is 5.49. The number of ether oxygens (including phenoxy) is 2. The molecule has 1 N–H and O–H groups in total. The van der Waals surface area contributed by atoms with Gasteiger partial charge < -0.3 is 14.8 Å². The summed E-state index contributed by atoms with van der Waals surface area (Å²) >= 11 is 0. The molecular weight excluding hydrogens is 322 g/mol. The molecule has 0 bridgehead atoms. The maximum atomic E-state index is 12.1. The number of rotatable bonds is 7. The molecule has 25 heavy (non-hydrogen) atoms. The highest BCUT2D eigenvalue weighted by Gasteiger charge is 2.11. The molecule has 0 aliphatic carbocycles. The summed E-state index contributed by atoms with van der Waals surface area (Å²) in [6, 6.07) is 9.23. The van der Waals surface area contributed by atoms with E-state index in [1.165, 1.54) is 10.8 Å². The number of carbonyl (C=O) groups is 2. The molecule has 0 unspecified atom stereocenters. The number of allylic oxidation sites excluding steroid dienone is 1. The van der Waals surface area contributed by atoms with E-state index in [9.17, 15) is 9.59 Å². The summed E-state index contributed by atoms with van der Waals surface area (Å²) in [7, 11) is 0. The van der Waals surface area contributed by atoms with Crippen molar-refractivity contribution in [2.24, 2.45) is 0 Å². The average Bonchev–Trinajstić information content (AvgIpc) is 3.03. The lowest BCUT2D eigenvalue weighted by Gasteiger charge is -2.08. The molecule has 1 heterocycles. The fourth-order valence-corrected chi connectivity index (χ4v) is 2.05. The Hall–Kier alpha value is -3.09. The number of hydrogen-bond donors (Lipinski definition) is 1. The fourth-order valence-electron chi connectivity index (χ4n) is 2.05. The third-order valence-electron chi connectivity index (χ3n) is 3.25. The van der Waals surface area contributed by atoms with Crippen LogP contribution < -0.4 is 10.1 Å². The summed E-state index contributed by atoms with van der Waals surface area (Å²) in [6.07, 6.45) is 2.87. The molecule has 0 aliphatic heterocycles. The zero-order valence-corrected chi connectivity index (χ0v) is 14.5. The molecule has 7 nitrogen and oxygen atoms in total. The second-order valence-corrected chi connectivity index (χ2v) is 5.31. The van der Waals surface area contributed by atoms with Gasteiger partial charge in [0.2, 0.25) is 0 Å². The van der Waals surface area contributed by atoms with Gasteiger partial charge in [-0.1, -0.05) is 18.2 Å². The van der Waals surface area contributed by atoms with Gasteiger partial charge in [0.15, 0.2) is 12.4 Å². The van der Waals surface area contributed by atoms with E-state index in [-0.39, 0.29) is 19.0 Å². The molecule has 2 aromatic rings. The van der Waals surface area contributed by atoms with Crippen LogP contribution in [0.25, 0.3) is 0 Å². The van der Waals surface area contributed by atoms with Crippen molar-refractivity contribution >= 4 is 11.9 Å². The third-order valence-corrected chi connectivity index (χ3v) is 3.25. The van der Waals surface area contributed by atoms with Crippen molar-refractivity contribution in [1.82, 2.24) is 15.1 Å². The molecule has 2 rings (SSSR count). The summed E-state index contributed by atoms with van der Waals surface area (Å²) in [4.78, 5) is 23.5. The fraction of sp³-hybridized carbons (Fsp3) is 0.278. The molecule has 0 fully saturated rings. The summed E-state index contributed by atoms with van der Waals surface area (Å²) in [5.74, 6) is -0.151. The molecule has 0 atom stereocenters. The zero-order valence-electron chi connectivity index (χ0n) is 14.5. The number of nitrogens with zero attached hydrogens (tertiary/aromatic N) is 2. The van der Waals surface area contributed by atoms with Crippen LogP contribution in [0.5, 0.6) is 5.75 Å². The standard InChI is InChI=1S/C18H21N3O4/c1-4-24-17(22)11-14(3)19-18(23)15-9-10-21(20-15)12-25-16-8-6-5-7-13(16)2/h5-11H,4,12H2,1-3H3,(H,19,23)/b14-11+. The van der Waals surface area contributed by atoms with Crippen molar-refractivity contribution in [2.45, 2.75) is 27.5 Å². The second-order valence-electron chi connectivity index (χ2n) is 5.31. The van der Waals surface area contributed by atoms with Gasteiger partial charge in [0, 0.05) is 18.0 Å². The SMILES string of the molecule is CCOC(=O)/C=C(\C)NC(=O)c1ccn(COc2ccccc2C)n1. The highest BCUT2D eigenvalue weighted by atomic mass is 16.5. The van der Waals surface area contributed by atoms with Gasteiger partial charge in [-0.15, -0.1) is 0 Å². The number of aromatic nitrogens is 2. The van der Waals surface area contributed by atoms with E-state index in [4.69, 9.17) is 9.47 Å². The van der Waals surface area contributed by atoms with Crippen molar-refractivity contribution in [3.8, 4) is 5.75 Å². The Labute approximate surface area is 146 Å². The van der Waals surface area contributed by atoms with Crippen molar-refractivity contribution in [1.29, 1.82) is 0 Å². The number of benzene rings is 1. The van der Waals surface area contributed by atoms with Gasteiger partial charge in [-0.05, 0) is 38.5 Å². The van der Waals surface area contributed by atoms with E-state index in [2.05, 4.69) is 10.4 Å². The molecule has 0 saturated carbocycles. The highest BCUT2D eigenvalue weighted by Crippen LogP contribution is 2.16. The summed E-state index contributed by atoms with van der Waals surface area (Å²) in [5.41, 5.74) is 1.63. The molecule has 132 valence electrons. The lowest BCUT2D eigenvalue weighted by Crippen LogP contribution is -2.23. The number of aryl methyl sites for hydroxylation is 1. The van der Waals surface area contributed by atoms with Crippen LogP contribution in [0.2, 0.25) is 0 Å². The summed E-state index contributed by atoms with van der Waals surface area (Å²) in [6.45, 7) is 5.74. The van der Waals surface area contributed by atoms with Crippen LogP contribution in [0, 0.1) is 6.92 Å². The zero-order chi connectivity index (χ0) is 18.2. The van der Waals surface area contributed by atoms with E-state index >= 15 is 0 Å². The first kappa shape index (κ1) is 18.3. The Balaban J connectivity index is 1.93. The van der Waals surface area contributed by atoms with E-state index in [0.29, 0.717) is 5.70 Å². The van der Waals surface area contributed by atoms with Gasteiger partial charge in [-0.25, -0.2) is 9.48 Å². The highest BCUT2D eigenvalue weighted by molar-refractivity contribution is 5.94. The Morgan fingerprint density at radius 3 is 2.76 bits per heavy atom. The van der Waals surface area contributed by atoms with E-state index in [1.54, 1.807) is 26.1 Å². The Bertz CT molecular complexity index is 780. The number of hydrogen-bond acceptors (Lipinski definition) is 5. The minimum atomic E-state index is -0.502. The molecule has 0 radical (unpaired) electrons. The summed E-state index contributed by atoms with van der Waals surface area (Å²) in [5, 5.41) is 6.75. The van der Waals surface area contributed by atoms with Crippen LogP contribution >= 0.6 is 0 Å². The van der Waals surface area contributed by atoms with Crippen molar-refractivity contribution < 1.29 is 19.1 Å². The first-order valence-corrected chi connectivity index (χ1v) is 7.88. The summed E-state index contributed by atoms with van der Waals surface area (Å²) < 4.78 is 12.0. The molecular formula is C18H21N3O4. The van der Waals surface area contributed by atoms with Crippen LogP contribution in [0.3, 0.4) is 0 Å². The van der Waals surface area contributed by atoms with Gasteiger partial charge in [-0.2, -0.15) is 5.10 Å². The van der Waals surface area contributed by atoms with Crippen LogP contribution in [-0.4, -0.2) is 28.3 Å². The molecule has 0 saturated heterocycles. The second kappa shape index (κ2) is 8.68. The maximum Gasteiger partial charge on any atom is 0.332 e. The van der Waals surface area contributed by atoms with Crippen LogP contribution in [0.4, 0.5) is 0 Å². The Morgan fingerprint density at radius 1 is 1.28 bits per heavy atom. The molecule has 1 amide bonds. The van der Waals surface area contributed by atoms with Crippen molar-refractivity contribution in [2.75, 3.05) is 6.61 Å². The van der Waals surface area contributed by atoms with E-state index in [1.807, 2.05) is 31.2 Å². The number of esters is 1.